The van der Waals surface area contributed by atoms with Gasteiger partial charge in [0, 0.05) is 32.1 Å². The largest absolute Gasteiger partial charge is 0.456 e. The Morgan fingerprint density at radius 1 is 0.788 bits per heavy atom. The van der Waals surface area contributed by atoms with E-state index in [-0.39, 0.29) is 0 Å². The first-order chi connectivity index (χ1) is 17.2. The van der Waals surface area contributed by atoms with E-state index in [0.717, 1.165) is 55.3 Å². The van der Waals surface area contributed by atoms with Crippen molar-refractivity contribution in [2.45, 2.75) is 20.7 Å². The smallest absolute Gasteiger partial charge is 0.213 e. The number of furan rings is 1. The van der Waals surface area contributed by atoms with Crippen molar-refractivity contribution >= 4 is 32.7 Å². The summed E-state index contributed by atoms with van der Waals surface area (Å²) in [6, 6.07) is 26.7. The van der Waals surface area contributed by atoms with Gasteiger partial charge in [0.2, 0.25) is 5.69 Å². The Morgan fingerprint density at radius 2 is 1.64 bits per heavy atom. The van der Waals surface area contributed by atoms with Gasteiger partial charge >= 0.3 is 0 Å². The van der Waals surface area contributed by atoms with E-state index in [9.17, 15) is 0 Å². The van der Waals surface area contributed by atoms with Crippen LogP contribution in [0.3, 0.4) is 0 Å². The zero-order valence-corrected chi connectivity index (χ0v) is 18.9. The highest BCUT2D eigenvalue weighted by Gasteiger charge is 2.20. The van der Waals surface area contributed by atoms with Crippen LogP contribution in [0.2, 0.25) is 0 Å². The Balaban J connectivity index is 1.59. The van der Waals surface area contributed by atoms with E-state index in [1.54, 1.807) is 6.20 Å². The van der Waals surface area contributed by atoms with Crippen molar-refractivity contribution in [3.63, 3.8) is 0 Å². The van der Waals surface area contributed by atoms with Crippen LogP contribution in [0.4, 0.5) is 0 Å². The van der Waals surface area contributed by atoms with Gasteiger partial charge in [0.15, 0.2) is 6.20 Å². The summed E-state index contributed by atoms with van der Waals surface area (Å²) >= 11 is 0. The molecular weight excluding hydrogens is 402 g/mol. The minimum atomic E-state index is -2.22. The molecule has 0 saturated carbocycles. The van der Waals surface area contributed by atoms with Gasteiger partial charge in [0.05, 0.1) is 5.56 Å². The number of aromatic nitrogens is 1. The number of aryl methyl sites for hydroxylation is 4. The van der Waals surface area contributed by atoms with Crippen molar-refractivity contribution in [3.8, 4) is 22.4 Å². The van der Waals surface area contributed by atoms with Crippen LogP contribution in [0.1, 0.15) is 20.8 Å². The van der Waals surface area contributed by atoms with Crippen molar-refractivity contribution in [2.75, 3.05) is 0 Å². The van der Waals surface area contributed by atoms with Crippen molar-refractivity contribution < 1.29 is 13.1 Å². The molecule has 160 valence electrons. The van der Waals surface area contributed by atoms with Gasteiger partial charge in [-0.3, -0.25) is 0 Å². The maximum atomic E-state index is 8.13. The van der Waals surface area contributed by atoms with Gasteiger partial charge in [-0.2, -0.15) is 0 Å². The van der Waals surface area contributed by atoms with Gasteiger partial charge in [-0.1, -0.05) is 54.1 Å². The Hall–Kier alpha value is -3.91. The van der Waals surface area contributed by atoms with Gasteiger partial charge in [0.25, 0.3) is 0 Å². The quantitative estimate of drug-likeness (QED) is 0.255. The highest BCUT2D eigenvalue weighted by atomic mass is 16.3. The zero-order chi connectivity index (χ0) is 25.2. The van der Waals surface area contributed by atoms with E-state index in [1.165, 1.54) is 10.9 Å². The van der Waals surface area contributed by atoms with E-state index < -0.39 is 6.85 Å². The molecule has 0 unspecified atom stereocenters. The molecule has 6 aromatic rings. The second kappa shape index (κ2) is 7.31. The van der Waals surface area contributed by atoms with Crippen LogP contribution in [-0.2, 0) is 7.05 Å². The van der Waals surface area contributed by atoms with Crippen LogP contribution in [0.25, 0.3) is 55.1 Å². The third-order valence-electron chi connectivity index (χ3n) is 6.64. The summed E-state index contributed by atoms with van der Waals surface area (Å²) in [4.78, 5) is 0. The number of rotatable bonds is 2. The van der Waals surface area contributed by atoms with Crippen LogP contribution in [0.15, 0.2) is 89.5 Å². The monoisotopic (exact) mass is 431 g/mol. The highest BCUT2D eigenvalue weighted by Crippen LogP contribution is 2.38. The van der Waals surface area contributed by atoms with Crippen molar-refractivity contribution in [1.29, 1.82) is 0 Å². The Bertz CT molecular complexity index is 1800. The Labute approximate surface area is 197 Å². The van der Waals surface area contributed by atoms with Gasteiger partial charge < -0.3 is 4.42 Å². The summed E-state index contributed by atoms with van der Waals surface area (Å²) in [5.74, 6) is 0. The van der Waals surface area contributed by atoms with Crippen LogP contribution in [0.5, 0.6) is 0 Å². The molecule has 0 saturated heterocycles. The van der Waals surface area contributed by atoms with Gasteiger partial charge in [-0.05, 0) is 66.9 Å². The van der Waals surface area contributed by atoms with E-state index >= 15 is 0 Å². The molecule has 2 aromatic heterocycles. The maximum Gasteiger partial charge on any atom is 0.213 e. The normalized spacial score (nSPS) is 13.4. The molecule has 0 fully saturated rings. The summed E-state index contributed by atoms with van der Waals surface area (Å²) in [6.45, 7) is 1.96. The molecule has 0 aliphatic heterocycles. The molecule has 0 amide bonds. The number of fused-ring (bicyclic) bond motifs is 4. The summed E-state index contributed by atoms with van der Waals surface area (Å²) in [6.07, 6.45) is 1.74. The molecule has 0 aliphatic carbocycles. The van der Waals surface area contributed by atoms with Crippen molar-refractivity contribution in [1.82, 2.24) is 0 Å². The summed E-state index contributed by atoms with van der Waals surface area (Å²) < 4.78 is 32.7. The predicted molar refractivity (Wildman–Crippen MR) is 137 cm³/mol. The number of hydrogen-bond acceptors (Lipinski definition) is 1. The van der Waals surface area contributed by atoms with Crippen LogP contribution < -0.4 is 4.57 Å². The molecule has 2 heteroatoms. The zero-order valence-electron chi connectivity index (χ0n) is 21.9. The fraction of sp³-hybridized carbons (Fsp3) is 0.129. The molecule has 2 heterocycles. The van der Waals surface area contributed by atoms with Gasteiger partial charge in [-0.25, -0.2) is 4.57 Å². The fourth-order valence-electron chi connectivity index (χ4n) is 4.89. The average Bonchev–Trinajstić information content (AvgIpc) is 3.21. The number of pyridine rings is 1. The minimum absolute atomic E-state index is 0.337. The molecule has 4 aromatic carbocycles. The second-order valence-corrected chi connectivity index (χ2v) is 8.88. The summed E-state index contributed by atoms with van der Waals surface area (Å²) in [7, 11) is 1.90. The maximum absolute atomic E-state index is 8.13. The molecule has 0 bridgehead atoms. The lowest BCUT2D eigenvalue weighted by Crippen LogP contribution is -2.31. The average molecular weight is 432 g/mol. The first kappa shape index (κ1) is 16.7. The lowest BCUT2D eigenvalue weighted by Gasteiger charge is -2.10. The van der Waals surface area contributed by atoms with Crippen molar-refractivity contribution in [3.05, 3.63) is 102 Å². The molecule has 6 rings (SSSR count). The van der Waals surface area contributed by atoms with E-state index in [4.69, 9.17) is 8.53 Å². The van der Waals surface area contributed by atoms with E-state index in [1.807, 2.05) is 48.0 Å². The lowest BCUT2D eigenvalue weighted by molar-refractivity contribution is -0.660. The summed E-state index contributed by atoms with van der Waals surface area (Å²) in [5, 5.41) is 4.54. The summed E-state index contributed by atoms with van der Waals surface area (Å²) in [5.41, 5.74) is 7.87. The SMILES string of the molecule is [2H]C([2H])([2H])c1c[n+](C)c(-c2ccc3c(oc4cc5ccc(C)cc5cc43)c2C)cc1-c1ccccc1. The minimum Gasteiger partial charge on any atom is -0.456 e. The topological polar surface area (TPSA) is 17.0 Å². The molecule has 0 aliphatic rings. The van der Waals surface area contributed by atoms with Gasteiger partial charge in [0.1, 0.15) is 18.2 Å². The first-order valence-corrected chi connectivity index (χ1v) is 11.2. The number of nitrogens with zero attached hydrogens (tertiary/aromatic N) is 1. The lowest BCUT2D eigenvalue weighted by atomic mass is 9.96. The molecular formula is C31H26NO+. The molecule has 0 atom stereocenters. The third kappa shape index (κ3) is 3.14. The Kier molecular flexibility index (Phi) is 3.70. The third-order valence-corrected chi connectivity index (χ3v) is 6.64. The molecule has 0 N–H and O–H groups in total. The Morgan fingerprint density at radius 3 is 2.45 bits per heavy atom. The van der Waals surface area contributed by atoms with Crippen LogP contribution >= 0.6 is 0 Å². The fourth-order valence-corrected chi connectivity index (χ4v) is 4.89. The molecule has 33 heavy (non-hydrogen) atoms. The van der Waals surface area contributed by atoms with E-state index in [0.29, 0.717) is 5.56 Å². The molecule has 0 radical (unpaired) electrons. The highest BCUT2D eigenvalue weighted by molar-refractivity contribution is 6.11. The van der Waals surface area contributed by atoms with Crippen LogP contribution in [-0.4, -0.2) is 0 Å². The van der Waals surface area contributed by atoms with Crippen molar-refractivity contribution in [2.24, 2.45) is 7.05 Å². The number of hydrogen-bond donors (Lipinski definition) is 0. The second-order valence-electron chi connectivity index (χ2n) is 8.88. The molecule has 2 nitrogen and oxygen atoms in total. The van der Waals surface area contributed by atoms with Crippen LogP contribution in [0, 0.1) is 20.7 Å². The van der Waals surface area contributed by atoms with Gasteiger partial charge in [-0.15, -0.1) is 0 Å². The predicted octanol–water partition coefficient (Wildman–Crippen LogP) is 7.82. The molecule has 0 spiro atoms. The standard InChI is InChI=1S/C31H26NO/c1-19-10-11-23-16-30-28(15-24(23)14-19)26-13-12-25(21(3)31(26)33-30)29-17-27(20(2)18-32(29)4)22-8-6-5-7-9-22/h5-18H,1-4H3/q+1/i2D3. The number of benzene rings is 4. The first-order valence-electron chi connectivity index (χ1n) is 12.7. The van der Waals surface area contributed by atoms with E-state index in [2.05, 4.69) is 56.3 Å².